The van der Waals surface area contributed by atoms with E-state index in [1.165, 1.54) is 0 Å². The van der Waals surface area contributed by atoms with Crippen LogP contribution in [0.3, 0.4) is 0 Å². The minimum atomic E-state index is 0.525. The van der Waals surface area contributed by atoms with Crippen molar-refractivity contribution in [3.05, 3.63) is 0 Å². The lowest BCUT2D eigenvalue weighted by Crippen LogP contribution is -1.99. The summed E-state index contributed by atoms with van der Waals surface area (Å²) in [6.07, 6.45) is 0. The quantitative estimate of drug-likeness (QED) is 0.324. The maximum Gasteiger partial charge on any atom is 0.223 e. The molecule has 0 heterocycles. The molecule has 0 saturated heterocycles. The monoisotopic (exact) mass is 106 g/mol. The molecule has 0 aromatic carbocycles. The maximum absolute atomic E-state index is 3.09. The lowest BCUT2D eigenvalue weighted by Gasteiger charge is -1.83. The van der Waals surface area contributed by atoms with E-state index in [4.69, 9.17) is 0 Å². The van der Waals surface area contributed by atoms with Crippen molar-refractivity contribution in [1.82, 2.24) is 0 Å². The van der Waals surface area contributed by atoms with Crippen LogP contribution in [0.25, 0.3) is 0 Å². The Bertz CT molecular complexity index is 93.4. The Morgan fingerprint density at radius 2 is 1.00 bits per heavy atom. The van der Waals surface area contributed by atoms with Crippen LogP contribution in [-0.2, 0) is 0 Å². The Labute approximate surface area is 53.2 Å². The molecule has 42 valence electrons. The topological polar surface area (TPSA) is 0 Å². The molecule has 0 aliphatic rings. The van der Waals surface area contributed by atoms with Crippen LogP contribution in [0.15, 0.2) is 0 Å². The van der Waals surface area contributed by atoms with Crippen molar-refractivity contribution in [2.24, 2.45) is 0 Å². The zero-order valence-corrected chi connectivity index (χ0v) is 6.15. The predicted molar refractivity (Wildman–Crippen MR) is 42.7 cm³/mol. The van der Waals surface area contributed by atoms with Crippen LogP contribution in [0.1, 0.15) is 0 Å². The van der Waals surface area contributed by atoms with Crippen LogP contribution < -0.4 is 0 Å². The molecule has 8 heavy (non-hydrogen) atoms. The van der Waals surface area contributed by atoms with E-state index in [-0.39, 0.29) is 0 Å². The van der Waals surface area contributed by atoms with E-state index in [0.717, 1.165) is 0 Å². The molecular weight excluding hydrogens is 93.7 g/mol. The van der Waals surface area contributed by atoms with Crippen molar-refractivity contribution >= 4 is 13.4 Å². The lowest BCUT2D eigenvalue weighted by atomic mass is 9.50. The summed E-state index contributed by atoms with van der Waals surface area (Å²) in [5.74, 6) is 6.19. The average Bonchev–Trinajstić information content (AvgIpc) is 1.61. The van der Waals surface area contributed by atoms with Crippen LogP contribution in [0.2, 0.25) is 27.3 Å². The summed E-state index contributed by atoms with van der Waals surface area (Å²) < 4.78 is 0. The van der Waals surface area contributed by atoms with E-state index in [1.807, 2.05) is 0 Å². The average molecular weight is 106 g/mol. The van der Waals surface area contributed by atoms with Crippen molar-refractivity contribution in [2.45, 2.75) is 27.3 Å². The van der Waals surface area contributed by atoms with E-state index in [0.29, 0.717) is 13.4 Å². The Morgan fingerprint density at radius 3 is 1.12 bits per heavy atom. The summed E-state index contributed by atoms with van der Waals surface area (Å²) in [4.78, 5) is 0. The van der Waals surface area contributed by atoms with Gasteiger partial charge in [-0.1, -0.05) is 27.3 Å². The lowest BCUT2D eigenvalue weighted by molar-refractivity contribution is 2.02. The van der Waals surface area contributed by atoms with Gasteiger partial charge >= 0.3 is 0 Å². The molecule has 0 aromatic heterocycles. The molecule has 2 heteroatoms. The van der Waals surface area contributed by atoms with E-state index in [1.54, 1.807) is 0 Å². The van der Waals surface area contributed by atoms with E-state index in [9.17, 15) is 0 Å². The molecule has 0 aromatic rings. The second-order valence-corrected chi connectivity index (χ2v) is 2.60. The first-order valence-corrected chi connectivity index (χ1v) is 3.14. The molecule has 0 amide bonds. The summed E-state index contributed by atoms with van der Waals surface area (Å²) >= 11 is 0. The Morgan fingerprint density at radius 1 is 0.750 bits per heavy atom. The summed E-state index contributed by atoms with van der Waals surface area (Å²) in [6, 6.07) is 0. The SMILES string of the molecule is CB(C)C#CB(C)C. The van der Waals surface area contributed by atoms with Gasteiger partial charge in [-0.2, -0.15) is 11.6 Å². The molecule has 0 unspecified atom stereocenters. The van der Waals surface area contributed by atoms with Gasteiger partial charge in [0, 0.05) is 0 Å². The smallest absolute Gasteiger partial charge is 0.168 e. The first-order chi connectivity index (χ1) is 3.63. The van der Waals surface area contributed by atoms with Gasteiger partial charge in [0.05, 0.1) is 0 Å². The minimum Gasteiger partial charge on any atom is -0.168 e. The Balaban J connectivity index is 3.50. The van der Waals surface area contributed by atoms with Crippen molar-refractivity contribution in [1.29, 1.82) is 0 Å². The van der Waals surface area contributed by atoms with Gasteiger partial charge in [0.25, 0.3) is 0 Å². The fourth-order valence-corrected chi connectivity index (χ4v) is 0.333. The van der Waals surface area contributed by atoms with Gasteiger partial charge in [-0.15, -0.1) is 0 Å². The molecule has 0 atom stereocenters. The third-order valence-corrected chi connectivity index (χ3v) is 0.661. The van der Waals surface area contributed by atoms with E-state index >= 15 is 0 Å². The maximum atomic E-state index is 3.09. The molecule has 0 aliphatic heterocycles. The zero-order valence-electron chi connectivity index (χ0n) is 6.15. The molecule has 0 saturated carbocycles. The molecular formula is C6H12B2. The van der Waals surface area contributed by atoms with Crippen LogP contribution in [0.4, 0.5) is 0 Å². The number of rotatable bonds is 0. The van der Waals surface area contributed by atoms with Crippen LogP contribution in [-0.4, -0.2) is 13.4 Å². The van der Waals surface area contributed by atoms with Gasteiger partial charge in [-0.25, -0.2) is 0 Å². The summed E-state index contributed by atoms with van der Waals surface area (Å²) in [5, 5.41) is 0. The third-order valence-electron chi connectivity index (χ3n) is 0.661. The molecule has 0 bridgehead atoms. The van der Waals surface area contributed by atoms with Gasteiger partial charge in [-0.05, 0) is 0 Å². The zero-order chi connectivity index (χ0) is 6.57. The highest BCUT2D eigenvalue weighted by Gasteiger charge is 1.91. The molecule has 0 spiro atoms. The van der Waals surface area contributed by atoms with Gasteiger partial charge < -0.3 is 0 Å². The minimum absolute atomic E-state index is 0.525. The second kappa shape index (κ2) is 3.66. The first kappa shape index (κ1) is 7.69. The largest absolute Gasteiger partial charge is 0.223 e. The summed E-state index contributed by atoms with van der Waals surface area (Å²) in [7, 11) is 0. The standard InChI is InChI=1S/C6H12B2/c1-7(2)5-6-8(3)4/h1-4H3. The summed E-state index contributed by atoms with van der Waals surface area (Å²) in [6.45, 7) is 9.48. The molecule has 0 fully saturated rings. The summed E-state index contributed by atoms with van der Waals surface area (Å²) in [5.41, 5.74) is 0. The van der Waals surface area contributed by atoms with Gasteiger partial charge in [0.15, 0.2) is 0 Å². The predicted octanol–water partition coefficient (Wildman–Crippen LogP) is 1.58. The van der Waals surface area contributed by atoms with Gasteiger partial charge in [0.1, 0.15) is 0 Å². The molecule has 0 N–H and O–H groups in total. The van der Waals surface area contributed by atoms with Crippen LogP contribution in [0.5, 0.6) is 0 Å². The van der Waals surface area contributed by atoms with Crippen LogP contribution >= 0.6 is 0 Å². The number of hydrogen-bond acceptors (Lipinski definition) is 0. The fourth-order valence-electron chi connectivity index (χ4n) is 0.333. The Hall–Kier alpha value is -0.310. The highest BCUT2D eigenvalue weighted by Crippen LogP contribution is 1.76. The first-order valence-electron chi connectivity index (χ1n) is 3.14. The van der Waals surface area contributed by atoms with Crippen LogP contribution in [0, 0.1) is 11.6 Å². The third kappa shape index (κ3) is 5.69. The molecule has 0 nitrogen and oxygen atoms in total. The van der Waals surface area contributed by atoms with E-state index in [2.05, 4.69) is 38.9 Å². The number of hydrogen-bond donors (Lipinski definition) is 0. The Kier molecular flexibility index (Phi) is 3.52. The van der Waals surface area contributed by atoms with Crippen molar-refractivity contribution in [3.8, 4) is 11.6 Å². The molecule has 0 radical (unpaired) electrons. The second-order valence-electron chi connectivity index (χ2n) is 2.60. The van der Waals surface area contributed by atoms with Crippen molar-refractivity contribution < 1.29 is 0 Å². The van der Waals surface area contributed by atoms with Crippen molar-refractivity contribution in [3.63, 3.8) is 0 Å². The molecule has 0 aliphatic carbocycles. The normalized spacial score (nSPS) is 7.00. The van der Waals surface area contributed by atoms with Gasteiger partial charge in [-0.3, -0.25) is 0 Å². The van der Waals surface area contributed by atoms with E-state index < -0.39 is 0 Å². The van der Waals surface area contributed by atoms with Crippen molar-refractivity contribution in [2.75, 3.05) is 0 Å². The molecule has 0 rings (SSSR count). The fraction of sp³-hybridized carbons (Fsp3) is 0.667. The highest BCUT2D eigenvalue weighted by molar-refractivity contribution is 6.70. The van der Waals surface area contributed by atoms with Gasteiger partial charge in [0.2, 0.25) is 13.4 Å². The highest BCUT2D eigenvalue weighted by atomic mass is 13.4.